The molecule has 4 heteroatoms. The van der Waals surface area contributed by atoms with E-state index in [0.29, 0.717) is 18.6 Å². The van der Waals surface area contributed by atoms with E-state index in [1.165, 1.54) is 0 Å². The number of rotatable bonds is 3. The molecule has 1 saturated carbocycles. The minimum Gasteiger partial charge on any atom is -0.481 e. The molecule has 0 atom stereocenters. The van der Waals surface area contributed by atoms with Gasteiger partial charge in [-0.1, -0.05) is 26.7 Å². The molecule has 0 spiro atoms. The van der Waals surface area contributed by atoms with Crippen molar-refractivity contribution < 1.29 is 19.4 Å². The molecule has 4 nitrogen and oxygen atoms in total. The van der Waals surface area contributed by atoms with E-state index in [4.69, 9.17) is 9.47 Å². The van der Waals surface area contributed by atoms with Gasteiger partial charge in [0.1, 0.15) is 0 Å². The van der Waals surface area contributed by atoms with Crippen LogP contribution in [-0.4, -0.2) is 17.9 Å². The first-order chi connectivity index (χ1) is 9.54. The predicted molar refractivity (Wildman–Crippen MR) is 74.4 cm³/mol. The van der Waals surface area contributed by atoms with E-state index >= 15 is 0 Å². The Morgan fingerprint density at radius 1 is 1.20 bits per heavy atom. The molecular weight excluding hydrogens is 256 g/mol. The first-order valence-corrected chi connectivity index (χ1v) is 7.22. The second-order valence-electron chi connectivity index (χ2n) is 6.04. The van der Waals surface area contributed by atoms with Gasteiger partial charge >= 0.3 is 5.97 Å². The maximum absolute atomic E-state index is 11.9. The summed E-state index contributed by atoms with van der Waals surface area (Å²) in [5.41, 5.74) is 1.24. The van der Waals surface area contributed by atoms with Gasteiger partial charge in [-0.3, -0.25) is 4.79 Å². The molecule has 0 saturated heterocycles. The predicted octanol–water partition coefficient (Wildman–Crippen LogP) is 3.44. The largest absolute Gasteiger partial charge is 0.481 e. The summed E-state index contributed by atoms with van der Waals surface area (Å²) in [5.74, 6) is 0.958. The van der Waals surface area contributed by atoms with E-state index in [9.17, 15) is 9.90 Å². The molecule has 108 valence electrons. The molecule has 1 heterocycles. The normalized spacial score (nSPS) is 19.6. The Hall–Kier alpha value is -1.71. The average Bonchev–Trinajstić information content (AvgIpc) is 3.06. The van der Waals surface area contributed by atoms with Gasteiger partial charge in [0.2, 0.25) is 6.79 Å². The number of benzene rings is 1. The fourth-order valence-corrected chi connectivity index (χ4v) is 3.43. The van der Waals surface area contributed by atoms with Gasteiger partial charge in [0, 0.05) is 0 Å². The third-order valence-electron chi connectivity index (χ3n) is 4.55. The summed E-state index contributed by atoms with van der Waals surface area (Å²) in [5, 5.41) is 9.80. The molecule has 1 aliphatic heterocycles. The lowest BCUT2D eigenvalue weighted by atomic mass is 9.74. The lowest BCUT2D eigenvalue weighted by Gasteiger charge is -2.28. The van der Waals surface area contributed by atoms with Crippen molar-refractivity contribution in [2.45, 2.75) is 50.9 Å². The number of carboxylic acids is 1. The molecule has 1 aromatic rings. The molecule has 2 aliphatic rings. The standard InChI is InChI=1S/C16H20O4/c1-10(2)11-7-13-14(20-9-19-13)8-12(11)16(15(17)18)5-3-4-6-16/h7-8,10H,3-6,9H2,1-2H3,(H,17,18). The molecule has 1 aliphatic carbocycles. The van der Waals surface area contributed by atoms with Crippen molar-refractivity contribution in [3.8, 4) is 11.5 Å². The fraction of sp³-hybridized carbons (Fsp3) is 0.562. The van der Waals surface area contributed by atoms with Crippen molar-refractivity contribution >= 4 is 5.97 Å². The second-order valence-corrected chi connectivity index (χ2v) is 6.04. The Bertz CT molecular complexity index is 542. The average molecular weight is 276 g/mol. The van der Waals surface area contributed by atoms with Gasteiger partial charge in [-0.25, -0.2) is 0 Å². The molecule has 1 aromatic carbocycles. The number of fused-ring (bicyclic) bond motifs is 1. The highest BCUT2D eigenvalue weighted by Crippen LogP contribution is 2.48. The van der Waals surface area contributed by atoms with Crippen LogP contribution in [0.5, 0.6) is 11.5 Å². The van der Waals surface area contributed by atoms with Crippen LogP contribution in [0.3, 0.4) is 0 Å². The molecule has 20 heavy (non-hydrogen) atoms. The third kappa shape index (κ3) is 1.86. The number of hydrogen-bond acceptors (Lipinski definition) is 3. The molecular formula is C16H20O4. The number of hydrogen-bond donors (Lipinski definition) is 1. The Labute approximate surface area is 118 Å². The van der Waals surface area contributed by atoms with Crippen molar-refractivity contribution in [1.29, 1.82) is 0 Å². The Morgan fingerprint density at radius 2 is 1.80 bits per heavy atom. The highest BCUT2D eigenvalue weighted by Gasteiger charge is 2.45. The maximum Gasteiger partial charge on any atom is 0.314 e. The summed E-state index contributed by atoms with van der Waals surface area (Å²) in [6, 6.07) is 3.86. The molecule has 0 unspecified atom stereocenters. The van der Waals surface area contributed by atoms with Gasteiger partial charge in [-0.05, 0) is 42.0 Å². The van der Waals surface area contributed by atoms with Gasteiger partial charge in [0.25, 0.3) is 0 Å². The smallest absolute Gasteiger partial charge is 0.314 e. The summed E-state index contributed by atoms with van der Waals surface area (Å²) in [6.07, 6.45) is 3.36. The lowest BCUT2D eigenvalue weighted by molar-refractivity contribution is -0.143. The van der Waals surface area contributed by atoms with Crippen LogP contribution in [0.15, 0.2) is 12.1 Å². The molecule has 0 bridgehead atoms. The van der Waals surface area contributed by atoms with E-state index in [1.807, 2.05) is 12.1 Å². The van der Waals surface area contributed by atoms with Crippen LogP contribution in [0.2, 0.25) is 0 Å². The van der Waals surface area contributed by atoms with Gasteiger partial charge < -0.3 is 14.6 Å². The molecule has 0 radical (unpaired) electrons. The molecule has 3 rings (SSSR count). The first kappa shape index (κ1) is 13.3. The van der Waals surface area contributed by atoms with Crippen molar-refractivity contribution in [1.82, 2.24) is 0 Å². The Balaban J connectivity index is 2.18. The van der Waals surface area contributed by atoms with Gasteiger partial charge in [0.15, 0.2) is 11.5 Å². The van der Waals surface area contributed by atoms with E-state index in [0.717, 1.165) is 29.7 Å². The topological polar surface area (TPSA) is 55.8 Å². The molecule has 0 aromatic heterocycles. The van der Waals surface area contributed by atoms with Crippen molar-refractivity contribution in [3.63, 3.8) is 0 Å². The summed E-state index contributed by atoms with van der Waals surface area (Å²) in [6.45, 7) is 4.40. The van der Waals surface area contributed by atoms with Crippen LogP contribution >= 0.6 is 0 Å². The zero-order chi connectivity index (χ0) is 14.3. The minimum absolute atomic E-state index is 0.219. The third-order valence-corrected chi connectivity index (χ3v) is 4.55. The minimum atomic E-state index is -0.749. The van der Waals surface area contributed by atoms with Crippen LogP contribution in [0.4, 0.5) is 0 Å². The van der Waals surface area contributed by atoms with E-state index < -0.39 is 11.4 Å². The Morgan fingerprint density at radius 3 is 2.35 bits per heavy atom. The van der Waals surface area contributed by atoms with Crippen LogP contribution in [0.1, 0.15) is 56.6 Å². The number of aliphatic carboxylic acids is 1. The van der Waals surface area contributed by atoms with E-state index in [-0.39, 0.29) is 12.7 Å². The van der Waals surface area contributed by atoms with Gasteiger partial charge in [-0.15, -0.1) is 0 Å². The van der Waals surface area contributed by atoms with Gasteiger partial charge in [0.05, 0.1) is 5.41 Å². The summed E-state index contributed by atoms with van der Waals surface area (Å²) < 4.78 is 10.9. The van der Waals surface area contributed by atoms with Crippen LogP contribution in [0, 0.1) is 0 Å². The second kappa shape index (κ2) is 4.69. The summed E-state index contributed by atoms with van der Waals surface area (Å²) >= 11 is 0. The highest BCUT2D eigenvalue weighted by atomic mass is 16.7. The number of carboxylic acid groups (broad SMARTS) is 1. The monoisotopic (exact) mass is 276 g/mol. The number of carbonyl (C=O) groups is 1. The quantitative estimate of drug-likeness (QED) is 0.918. The highest BCUT2D eigenvalue weighted by molar-refractivity contribution is 5.83. The SMILES string of the molecule is CC(C)c1cc2c(cc1C1(C(=O)O)CCCC1)OCO2. The van der Waals surface area contributed by atoms with Gasteiger partial charge in [-0.2, -0.15) is 0 Å². The van der Waals surface area contributed by atoms with Crippen LogP contribution in [0.25, 0.3) is 0 Å². The van der Waals surface area contributed by atoms with Crippen molar-refractivity contribution in [3.05, 3.63) is 23.3 Å². The van der Waals surface area contributed by atoms with E-state index in [1.54, 1.807) is 0 Å². The summed E-state index contributed by atoms with van der Waals surface area (Å²) in [7, 11) is 0. The zero-order valence-corrected chi connectivity index (χ0v) is 11.9. The van der Waals surface area contributed by atoms with Crippen molar-refractivity contribution in [2.75, 3.05) is 6.79 Å². The zero-order valence-electron chi connectivity index (χ0n) is 11.9. The fourth-order valence-electron chi connectivity index (χ4n) is 3.43. The van der Waals surface area contributed by atoms with E-state index in [2.05, 4.69) is 13.8 Å². The Kier molecular flexibility index (Phi) is 3.11. The number of ether oxygens (including phenoxy) is 2. The lowest BCUT2D eigenvalue weighted by Crippen LogP contribution is -2.33. The molecule has 1 N–H and O–H groups in total. The molecule has 1 fully saturated rings. The summed E-state index contributed by atoms with van der Waals surface area (Å²) in [4.78, 5) is 11.9. The van der Waals surface area contributed by atoms with Crippen LogP contribution in [-0.2, 0) is 10.2 Å². The van der Waals surface area contributed by atoms with Crippen LogP contribution < -0.4 is 9.47 Å². The first-order valence-electron chi connectivity index (χ1n) is 7.22. The maximum atomic E-state index is 11.9. The molecule has 0 amide bonds. The van der Waals surface area contributed by atoms with Crippen molar-refractivity contribution in [2.24, 2.45) is 0 Å².